The van der Waals surface area contributed by atoms with Crippen molar-refractivity contribution in [3.8, 4) is 0 Å². The van der Waals surface area contributed by atoms with Gasteiger partial charge in [0.2, 0.25) is 6.54 Å². The molecule has 8 nitrogen and oxygen atoms in total. The molecule has 1 fully saturated rings. The predicted octanol–water partition coefficient (Wildman–Crippen LogP) is 2.09. The average Bonchev–Trinajstić information content (AvgIpc) is 2.39. The molecule has 1 aliphatic heterocycles. The lowest BCUT2D eigenvalue weighted by Gasteiger charge is -2.43. The molecule has 0 bridgehead atoms. The molecule has 0 spiro atoms. The maximum absolute atomic E-state index is 12.1. The van der Waals surface area contributed by atoms with Crippen LogP contribution in [0.5, 0.6) is 0 Å². The number of likely N-dealkylation sites (tertiary alicyclic amines) is 1. The van der Waals surface area contributed by atoms with Crippen LogP contribution in [0.25, 0.3) is 0 Å². The number of carbonyl (C=O) groups is 2. The first-order chi connectivity index (χ1) is 10.5. The van der Waals surface area contributed by atoms with Gasteiger partial charge in [0.15, 0.2) is 0 Å². The van der Waals surface area contributed by atoms with Crippen molar-refractivity contribution in [2.45, 2.75) is 46.1 Å². The topological polar surface area (TPSA) is 99.0 Å². The molecule has 1 amide bonds. The number of amides is 1. The van der Waals surface area contributed by atoms with Gasteiger partial charge < -0.3 is 14.4 Å². The van der Waals surface area contributed by atoms with Gasteiger partial charge in [-0.25, -0.2) is 4.79 Å². The quantitative estimate of drug-likeness (QED) is 0.444. The first-order valence-corrected chi connectivity index (χ1v) is 7.65. The summed E-state index contributed by atoms with van der Waals surface area (Å²) >= 11 is 0. The summed E-state index contributed by atoms with van der Waals surface area (Å²) in [5.41, 5.74) is -1.39. The standard InChI is InChI=1S/C15H26N2O6/c1-11-9-16(13(19)23-14(2,3)4)7-6-15(11,10-17(20)21)8-12(18)22-5/h11H,6-10H2,1-5H3. The molecule has 1 rings (SSSR count). The van der Waals surface area contributed by atoms with Crippen molar-refractivity contribution >= 4 is 12.1 Å². The molecule has 8 heteroatoms. The number of esters is 1. The Balaban J connectivity index is 2.85. The zero-order valence-electron chi connectivity index (χ0n) is 14.5. The molecule has 23 heavy (non-hydrogen) atoms. The van der Waals surface area contributed by atoms with Crippen LogP contribution in [0.15, 0.2) is 0 Å². The first kappa shape index (κ1) is 19.2. The number of carbonyl (C=O) groups excluding carboxylic acids is 2. The first-order valence-electron chi connectivity index (χ1n) is 7.65. The van der Waals surface area contributed by atoms with Gasteiger partial charge in [0.05, 0.1) is 18.9 Å². The van der Waals surface area contributed by atoms with Gasteiger partial charge in [0.1, 0.15) is 5.60 Å². The molecule has 0 radical (unpaired) electrons. The Labute approximate surface area is 136 Å². The second kappa shape index (κ2) is 7.14. The molecule has 2 atom stereocenters. The van der Waals surface area contributed by atoms with Crippen LogP contribution in [0.2, 0.25) is 0 Å². The van der Waals surface area contributed by atoms with Crippen LogP contribution in [-0.2, 0) is 14.3 Å². The molecular formula is C15H26N2O6. The summed E-state index contributed by atoms with van der Waals surface area (Å²) in [5.74, 6) is -0.683. The molecule has 2 unspecified atom stereocenters. The van der Waals surface area contributed by atoms with E-state index in [-0.39, 0.29) is 18.9 Å². The van der Waals surface area contributed by atoms with E-state index in [0.717, 1.165) is 0 Å². The lowest BCUT2D eigenvalue weighted by atomic mass is 9.68. The zero-order valence-corrected chi connectivity index (χ0v) is 14.5. The zero-order chi connectivity index (χ0) is 17.8. The monoisotopic (exact) mass is 330 g/mol. The Kier molecular flexibility index (Phi) is 5.96. The Hall–Kier alpha value is -1.86. The number of rotatable bonds is 4. The van der Waals surface area contributed by atoms with Gasteiger partial charge in [-0.15, -0.1) is 0 Å². The third kappa shape index (κ3) is 5.37. The van der Waals surface area contributed by atoms with E-state index < -0.39 is 28.0 Å². The fourth-order valence-corrected chi connectivity index (χ4v) is 2.88. The van der Waals surface area contributed by atoms with Crippen LogP contribution in [0.4, 0.5) is 4.79 Å². The highest BCUT2D eigenvalue weighted by molar-refractivity contribution is 5.71. The van der Waals surface area contributed by atoms with Crippen molar-refractivity contribution in [1.29, 1.82) is 0 Å². The molecule has 0 aromatic carbocycles. The van der Waals surface area contributed by atoms with Crippen molar-refractivity contribution in [3.63, 3.8) is 0 Å². The second-order valence-electron chi connectivity index (χ2n) is 7.18. The average molecular weight is 330 g/mol. The molecular weight excluding hydrogens is 304 g/mol. The maximum Gasteiger partial charge on any atom is 0.410 e. The van der Waals surface area contributed by atoms with Crippen LogP contribution in [0, 0.1) is 21.4 Å². The number of methoxy groups -OCH3 is 1. The minimum absolute atomic E-state index is 0.0200. The minimum Gasteiger partial charge on any atom is -0.469 e. The molecule has 0 aromatic heterocycles. The van der Waals surface area contributed by atoms with Gasteiger partial charge in [-0.1, -0.05) is 6.92 Å². The van der Waals surface area contributed by atoms with E-state index in [1.54, 1.807) is 25.7 Å². The molecule has 0 aliphatic carbocycles. The van der Waals surface area contributed by atoms with E-state index in [9.17, 15) is 19.7 Å². The Morgan fingerprint density at radius 2 is 2.00 bits per heavy atom. The van der Waals surface area contributed by atoms with Gasteiger partial charge in [-0.05, 0) is 33.1 Å². The van der Waals surface area contributed by atoms with Crippen LogP contribution < -0.4 is 0 Å². The summed E-state index contributed by atoms with van der Waals surface area (Å²) < 4.78 is 10.0. The smallest absolute Gasteiger partial charge is 0.410 e. The van der Waals surface area contributed by atoms with Crippen LogP contribution >= 0.6 is 0 Å². The predicted molar refractivity (Wildman–Crippen MR) is 82.5 cm³/mol. The molecule has 0 N–H and O–H groups in total. The fraction of sp³-hybridized carbons (Fsp3) is 0.867. The number of nitrogens with zero attached hydrogens (tertiary/aromatic N) is 2. The fourth-order valence-electron chi connectivity index (χ4n) is 2.88. The van der Waals surface area contributed by atoms with Gasteiger partial charge in [0, 0.05) is 18.0 Å². The summed E-state index contributed by atoms with van der Waals surface area (Å²) in [7, 11) is 1.27. The van der Waals surface area contributed by atoms with Gasteiger partial charge in [-0.3, -0.25) is 14.9 Å². The molecule has 1 saturated heterocycles. The van der Waals surface area contributed by atoms with Crippen LogP contribution in [0.3, 0.4) is 0 Å². The van der Waals surface area contributed by atoms with Gasteiger partial charge in [0.25, 0.3) is 0 Å². The third-order valence-electron chi connectivity index (χ3n) is 4.24. The highest BCUT2D eigenvalue weighted by Gasteiger charge is 2.47. The lowest BCUT2D eigenvalue weighted by molar-refractivity contribution is -0.501. The van der Waals surface area contributed by atoms with Crippen molar-refractivity contribution in [2.24, 2.45) is 11.3 Å². The van der Waals surface area contributed by atoms with Gasteiger partial charge in [-0.2, -0.15) is 0 Å². The van der Waals surface area contributed by atoms with Crippen molar-refractivity contribution in [3.05, 3.63) is 10.1 Å². The van der Waals surface area contributed by atoms with Crippen LogP contribution in [0.1, 0.15) is 40.5 Å². The maximum atomic E-state index is 12.1. The largest absolute Gasteiger partial charge is 0.469 e. The number of ether oxygens (including phenoxy) is 2. The Morgan fingerprint density at radius 1 is 1.39 bits per heavy atom. The highest BCUT2D eigenvalue weighted by atomic mass is 16.6. The van der Waals surface area contributed by atoms with E-state index in [4.69, 9.17) is 4.74 Å². The van der Waals surface area contributed by atoms with E-state index in [2.05, 4.69) is 4.74 Å². The van der Waals surface area contributed by atoms with Gasteiger partial charge >= 0.3 is 12.1 Å². The summed E-state index contributed by atoms with van der Waals surface area (Å²) in [6, 6.07) is 0. The van der Waals surface area contributed by atoms with E-state index in [1.807, 2.05) is 6.92 Å². The summed E-state index contributed by atoms with van der Waals surface area (Å²) in [6.07, 6.45) is -0.0887. The summed E-state index contributed by atoms with van der Waals surface area (Å²) in [4.78, 5) is 36.0. The van der Waals surface area contributed by atoms with E-state index in [0.29, 0.717) is 19.5 Å². The molecule has 132 valence electrons. The molecule has 1 aliphatic rings. The number of nitro groups is 1. The minimum atomic E-state index is -0.797. The Morgan fingerprint density at radius 3 is 2.43 bits per heavy atom. The lowest BCUT2D eigenvalue weighted by Crippen LogP contribution is -2.52. The van der Waals surface area contributed by atoms with E-state index in [1.165, 1.54) is 7.11 Å². The number of piperidine rings is 1. The van der Waals surface area contributed by atoms with Crippen LogP contribution in [-0.4, -0.2) is 54.2 Å². The van der Waals surface area contributed by atoms with Crippen molar-refractivity contribution in [1.82, 2.24) is 4.90 Å². The van der Waals surface area contributed by atoms with E-state index >= 15 is 0 Å². The highest BCUT2D eigenvalue weighted by Crippen LogP contribution is 2.40. The molecule has 0 saturated carbocycles. The van der Waals surface area contributed by atoms with Crippen molar-refractivity contribution < 1.29 is 24.0 Å². The summed E-state index contributed by atoms with van der Waals surface area (Å²) in [6.45, 7) is 7.50. The number of hydrogen-bond donors (Lipinski definition) is 0. The Bertz CT molecular complexity index is 473. The second-order valence-corrected chi connectivity index (χ2v) is 7.18. The third-order valence-corrected chi connectivity index (χ3v) is 4.24. The number of hydrogen-bond acceptors (Lipinski definition) is 6. The SMILES string of the molecule is COC(=O)CC1(C[N+](=O)[O-])CCN(C(=O)OC(C)(C)C)CC1C. The molecule has 0 aromatic rings. The normalized spacial score (nSPS) is 24.9. The van der Waals surface area contributed by atoms with Crippen molar-refractivity contribution in [2.75, 3.05) is 26.7 Å². The summed E-state index contributed by atoms with van der Waals surface area (Å²) in [5, 5.41) is 11.0. The molecule has 1 heterocycles.